The Balaban J connectivity index is 2.12. The predicted molar refractivity (Wildman–Crippen MR) is 58.8 cm³/mol. The number of oxime groups is 1. The van der Waals surface area contributed by atoms with Crippen LogP contribution in [0.2, 0.25) is 0 Å². The molecule has 0 spiro atoms. The van der Waals surface area contributed by atoms with E-state index in [1.807, 2.05) is 0 Å². The molecule has 5 N–H and O–H groups in total. The molecule has 1 aliphatic rings. The molecule has 0 amide bonds. The Morgan fingerprint density at radius 1 is 1.60 bits per heavy atom. The summed E-state index contributed by atoms with van der Waals surface area (Å²) >= 11 is 0. The minimum absolute atomic E-state index is 0.0311. The first-order valence-electron chi connectivity index (χ1n) is 5.36. The van der Waals surface area contributed by atoms with Crippen molar-refractivity contribution in [2.45, 2.75) is 45.3 Å². The third-order valence-electron chi connectivity index (χ3n) is 3.34. The summed E-state index contributed by atoms with van der Waals surface area (Å²) in [4.78, 5) is 0. The van der Waals surface area contributed by atoms with Crippen molar-refractivity contribution in [3.63, 3.8) is 0 Å². The van der Waals surface area contributed by atoms with Crippen molar-refractivity contribution in [3.05, 3.63) is 0 Å². The van der Waals surface area contributed by atoms with Gasteiger partial charge < -0.3 is 21.4 Å². The number of aliphatic hydroxyl groups is 1. The molecule has 88 valence electrons. The van der Waals surface area contributed by atoms with E-state index in [0.29, 0.717) is 12.5 Å². The summed E-state index contributed by atoms with van der Waals surface area (Å²) in [5, 5.41) is 24.1. The van der Waals surface area contributed by atoms with Gasteiger partial charge in [0.2, 0.25) is 0 Å². The maximum atomic E-state index is 9.52. The first-order valence-corrected chi connectivity index (χ1v) is 5.36. The van der Waals surface area contributed by atoms with Crippen LogP contribution in [0.25, 0.3) is 0 Å². The number of amidine groups is 1. The minimum Gasteiger partial charge on any atom is -0.409 e. The summed E-state index contributed by atoms with van der Waals surface area (Å²) in [5.74, 6) is 0.268. The standard InChI is InChI=1S/C10H21N3O2/c1-10(2)7(6-8(10)14)12-5-3-4-9(11)13-15/h7-8,12,14-15H,3-6H2,1-2H3,(H2,11,13). The zero-order chi connectivity index (χ0) is 11.5. The molecule has 0 aliphatic heterocycles. The van der Waals surface area contributed by atoms with Gasteiger partial charge >= 0.3 is 0 Å². The van der Waals surface area contributed by atoms with E-state index >= 15 is 0 Å². The smallest absolute Gasteiger partial charge is 0.139 e. The number of rotatable bonds is 5. The van der Waals surface area contributed by atoms with E-state index < -0.39 is 0 Å². The zero-order valence-corrected chi connectivity index (χ0v) is 9.40. The lowest BCUT2D eigenvalue weighted by atomic mass is 9.64. The highest BCUT2D eigenvalue weighted by Crippen LogP contribution is 2.40. The highest BCUT2D eigenvalue weighted by molar-refractivity contribution is 5.79. The lowest BCUT2D eigenvalue weighted by Gasteiger charge is -2.49. The van der Waals surface area contributed by atoms with Crippen LogP contribution in [0.4, 0.5) is 0 Å². The van der Waals surface area contributed by atoms with Crippen molar-refractivity contribution in [1.82, 2.24) is 5.32 Å². The van der Waals surface area contributed by atoms with Crippen LogP contribution in [0.1, 0.15) is 33.1 Å². The minimum atomic E-state index is -0.195. The number of nitrogens with one attached hydrogen (secondary N) is 1. The molecule has 2 atom stereocenters. The highest BCUT2D eigenvalue weighted by atomic mass is 16.4. The average molecular weight is 215 g/mol. The molecule has 1 aliphatic carbocycles. The molecule has 1 rings (SSSR count). The Kier molecular flexibility index (Phi) is 3.93. The SMILES string of the molecule is CC1(C)C(O)CC1NCCCC(N)=NO. The largest absolute Gasteiger partial charge is 0.409 e. The Hall–Kier alpha value is -0.810. The monoisotopic (exact) mass is 215 g/mol. The maximum absolute atomic E-state index is 9.52. The molecule has 1 fully saturated rings. The van der Waals surface area contributed by atoms with Crippen LogP contribution in [0.5, 0.6) is 0 Å². The first-order chi connectivity index (χ1) is 6.98. The van der Waals surface area contributed by atoms with Gasteiger partial charge in [0.05, 0.1) is 6.10 Å². The van der Waals surface area contributed by atoms with Crippen LogP contribution in [0, 0.1) is 5.41 Å². The van der Waals surface area contributed by atoms with Crippen LogP contribution in [-0.4, -0.2) is 34.8 Å². The molecule has 15 heavy (non-hydrogen) atoms. The molecule has 0 heterocycles. The third kappa shape index (κ3) is 2.82. The van der Waals surface area contributed by atoms with E-state index in [0.717, 1.165) is 19.4 Å². The molecule has 0 aromatic carbocycles. The summed E-state index contributed by atoms with van der Waals surface area (Å²) in [6.45, 7) is 4.95. The van der Waals surface area contributed by atoms with Gasteiger partial charge in [0.15, 0.2) is 0 Å². The van der Waals surface area contributed by atoms with E-state index in [9.17, 15) is 5.11 Å². The quantitative estimate of drug-likeness (QED) is 0.174. The molecule has 0 aromatic rings. The van der Waals surface area contributed by atoms with Gasteiger partial charge in [-0.3, -0.25) is 0 Å². The topological polar surface area (TPSA) is 90.9 Å². The number of hydrogen-bond donors (Lipinski definition) is 4. The lowest BCUT2D eigenvalue weighted by molar-refractivity contribution is -0.0722. The van der Waals surface area contributed by atoms with Crippen LogP contribution < -0.4 is 11.1 Å². The molecular formula is C10H21N3O2. The van der Waals surface area contributed by atoms with E-state index in [2.05, 4.69) is 24.3 Å². The second-order valence-corrected chi connectivity index (χ2v) is 4.77. The summed E-state index contributed by atoms with van der Waals surface area (Å²) < 4.78 is 0. The fraction of sp³-hybridized carbons (Fsp3) is 0.900. The molecule has 5 nitrogen and oxygen atoms in total. The van der Waals surface area contributed by atoms with Gasteiger partial charge in [-0.25, -0.2) is 0 Å². The van der Waals surface area contributed by atoms with Crippen molar-refractivity contribution >= 4 is 5.84 Å². The molecule has 0 bridgehead atoms. The fourth-order valence-electron chi connectivity index (χ4n) is 1.84. The first kappa shape index (κ1) is 12.3. The van der Waals surface area contributed by atoms with E-state index in [4.69, 9.17) is 10.9 Å². The van der Waals surface area contributed by atoms with Crippen LogP contribution in [0.3, 0.4) is 0 Å². The van der Waals surface area contributed by atoms with E-state index in [1.165, 1.54) is 0 Å². The summed E-state index contributed by atoms with van der Waals surface area (Å²) in [5.41, 5.74) is 5.31. The molecule has 0 aromatic heterocycles. The van der Waals surface area contributed by atoms with Crippen LogP contribution >= 0.6 is 0 Å². The van der Waals surface area contributed by atoms with Gasteiger partial charge in [0.25, 0.3) is 0 Å². The molecule has 5 heteroatoms. The van der Waals surface area contributed by atoms with Crippen LogP contribution in [-0.2, 0) is 0 Å². The average Bonchev–Trinajstić information content (AvgIpc) is 2.22. The second kappa shape index (κ2) is 4.81. The van der Waals surface area contributed by atoms with Gasteiger partial charge in [0, 0.05) is 17.9 Å². The van der Waals surface area contributed by atoms with Crippen molar-refractivity contribution < 1.29 is 10.3 Å². The van der Waals surface area contributed by atoms with E-state index in [-0.39, 0.29) is 17.4 Å². The van der Waals surface area contributed by atoms with Crippen molar-refractivity contribution in [3.8, 4) is 0 Å². The van der Waals surface area contributed by atoms with Gasteiger partial charge in [0.1, 0.15) is 5.84 Å². The summed E-state index contributed by atoms with van der Waals surface area (Å²) in [6.07, 6.45) is 2.06. The molecule has 1 saturated carbocycles. The Morgan fingerprint density at radius 2 is 2.27 bits per heavy atom. The summed E-state index contributed by atoms with van der Waals surface area (Å²) in [6, 6.07) is 0.375. The third-order valence-corrected chi connectivity index (χ3v) is 3.34. The van der Waals surface area contributed by atoms with E-state index in [1.54, 1.807) is 0 Å². The number of aliphatic hydroxyl groups excluding tert-OH is 1. The van der Waals surface area contributed by atoms with Gasteiger partial charge in [-0.1, -0.05) is 19.0 Å². The lowest BCUT2D eigenvalue weighted by Crippen LogP contribution is -2.60. The molecule has 0 radical (unpaired) electrons. The Labute approximate surface area is 90.3 Å². The molecule has 2 unspecified atom stereocenters. The molecule has 0 saturated heterocycles. The predicted octanol–water partition coefficient (Wildman–Crippen LogP) is 0.262. The number of nitrogens with two attached hydrogens (primary N) is 1. The second-order valence-electron chi connectivity index (χ2n) is 4.77. The number of nitrogens with zero attached hydrogens (tertiary/aromatic N) is 1. The van der Waals surface area contributed by atoms with Crippen molar-refractivity contribution in [1.29, 1.82) is 0 Å². The highest BCUT2D eigenvalue weighted by Gasteiger charge is 2.46. The maximum Gasteiger partial charge on any atom is 0.139 e. The Morgan fingerprint density at radius 3 is 2.73 bits per heavy atom. The van der Waals surface area contributed by atoms with Gasteiger partial charge in [-0.2, -0.15) is 0 Å². The normalized spacial score (nSPS) is 29.9. The zero-order valence-electron chi connectivity index (χ0n) is 9.40. The van der Waals surface area contributed by atoms with Gasteiger partial charge in [-0.05, 0) is 19.4 Å². The van der Waals surface area contributed by atoms with Gasteiger partial charge in [-0.15, -0.1) is 0 Å². The van der Waals surface area contributed by atoms with Crippen LogP contribution in [0.15, 0.2) is 5.16 Å². The van der Waals surface area contributed by atoms with Crippen molar-refractivity contribution in [2.24, 2.45) is 16.3 Å². The Bertz CT molecular complexity index is 241. The molecular weight excluding hydrogens is 194 g/mol. The fourth-order valence-corrected chi connectivity index (χ4v) is 1.84. The summed E-state index contributed by atoms with van der Waals surface area (Å²) in [7, 11) is 0. The number of hydrogen-bond acceptors (Lipinski definition) is 4. The van der Waals surface area contributed by atoms with Crippen molar-refractivity contribution in [2.75, 3.05) is 6.54 Å².